The number of hydrogen-bond acceptors (Lipinski definition) is 6. The first kappa shape index (κ1) is 22.9. The Labute approximate surface area is 78.3 Å². The summed E-state index contributed by atoms with van der Waals surface area (Å²) in [6, 6.07) is 0. The van der Waals surface area contributed by atoms with Crippen molar-refractivity contribution in [3.8, 4) is 0 Å². The number of rotatable bonds is 0. The van der Waals surface area contributed by atoms with Crippen molar-refractivity contribution in [2.24, 2.45) is 0 Å². The second-order valence-electron chi connectivity index (χ2n) is 0.922. The van der Waals surface area contributed by atoms with Crippen LogP contribution in [0, 0.1) is 0 Å². The maximum Gasteiger partial charge on any atom is 0.466 e. The second-order valence-corrected chi connectivity index (χ2v) is 2.76. The van der Waals surface area contributed by atoms with Crippen LogP contribution in [0.5, 0.6) is 0 Å². The maximum atomic E-state index is 8.88. The van der Waals surface area contributed by atoms with Crippen molar-refractivity contribution in [2.45, 2.75) is 0 Å². The van der Waals surface area contributed by atoms with E-state index in [1.165, 1.54) is 0 Å². The van der Waals surface area contributed by atoms with Crippen molar-refractivity contribution in [1.82, 2.24) is 0 Å². The molecular formula is H4AlO9PS-3. The minimum absolute atomic E-state index is 0. The summed E-state index contributed by atoms with van der Waals surface area (Å²) >= 11 is 0. The van der Waals surface area contributed by atoms with Crippen LogP contribution >= 0.6 is 7.82 Å². The van der Waals surface area contributed by atoms with E-state index in [2.05, 4.69) is 0 Å². The van der Waals surface area contributed by atoms with Gasteiger partial charge in [0.2, 0.25) is 0 Å². The molecule has 0 aliphatic rings. The fraction of sp³-hybridized carbons (Fsp3) is 0. The fourth-order valence-electron chi connectivity index (χ4n) is 0. The highest BCUT2D eigenvalue weighted by Gasteiger charge is 2.00. The van der Waals surface area contributed by atoms with Crippen molar-refractivity contribution in [2.75, 3.05) is 0 Å². The predicted octanol–water partition coefficient (Wildman–Crippen LogP) is -2.82. The molecule has 0 spiro atoms. The lowest BCUT2D eigenvalue weighted by Gasteiger charge is -2.06. The van der Waals surface area contributed by atoms with Gasteiger partial charge in [-0.05, 0) is 0 Å². The summed E-state index contributed by atoms with van der Waals surface area (Å²) in [5.74, 6) is 0. The topological polar surface area (TPSA) is 188 Å². The van der Waals surface area contributed by atoms with E-state index in [9.17, 15) is 0 Å². The molecule has 0 heterocycles. The maximum absolute atomic E-state index is 8.88. The van der Waals surface area contributed by atoms with Gasteiger partial charge in [0.15, 0.2) is 0 Å². The van der Waals surface area contributed by atoms with Crippen LogP contribution in [-0.2, 0) is 15.0 Å². The number of phosphoric acid groups is 1. The third-order valence-electron chi connectivity index (χ3n) is 0. The molecule has 12 heteroatoms. The van der Waals surface area contributed by atoms with E-state index in [0.29, 0.717) is 0 Å². The lowest BCUT2D eigenvalue weighted by atomic mass is 15.8. The minimum atomic E-state index is -5.17. The molecule has 0 amide bonds. The van der Waals surface area contributed by atoms with Crippen LogP contribution in [0.3, 0.4) is 0 Å². The molecular weight excluding hydrogens is 234 g/mol. The molecule has 0 aromatic rings. The zero-order valence-corrected chi connectivity index (χ0v) is 8.13. The summed E-state index contributed by atoms with van der Waals surface area (Å²) in [5.41, 5.74) is 0. The Kier molecular flexibility index (Phi) is 15.4. The van der Waals surface area contributed by atoms with Gasteiger partial charge >= 0.3 is 7.82 Å². The van der Waals surface area contributed by atoms with Crippen LogP contribution in [0.2, 0.25) is 0 Å². The molecule has 0 bridgehead atoms. The Bertz CT molecular complexity index is 192. The molecule has 0 saturated heterocycles. The highest BCUT2D eigenvalue weighted by molar-refractivity contribution is 7.79. The highest BCUT2D eigenvalue weighted by Crippen LogP contribution is 2.25. The fourth-order valence-corrected chi connectivity index (χ4v) is 0. The van der Waals surface area contributed by atoms with Gasteiger partial charge in [-0.1, -0.05) is 0 Å². The molecule has 0 fully saturated rings. The zero-order valence-electron chi connectivity index (χ0n) is 5.26. The van der Waals surface area contributed by atoms with Crippen LogP contribution in [0.25, 0.3) is 0 Å². The Morgan fingerprint density at radius 2 is 1.08 bits per heavy atom. The largest absolute Gasteiger partial charge is 0.870 e. The third kappa shape index (κ3) is 4210. The molecule has 0 saturated carbocycles. The normalized spacial score (nSPS) is 9.75. The first-order valence-electron chi connectivity index (χ1n) is 1.45. The molecule has 0 atom stereocenters. The van der Waals surface area contributed by atoms with Gasteiger partial charge < -0.3 is 29.3 Å². The summed E-state index contributed by atoms with van der Waals surface area (Å²) in [5, 5.41) is 0. The van der Waals surface area contributed by atoms with Gasteiger partial charge in [-0.3, -0.25) is 8.42 Å². The molecule has 12 heavy (non-hydrogen) atoms. The van der Waals surface area contributed by atoms with E-state index in [1.807, 2.05) is 0 Å². The van der Waals surface area contributed by atoms with Crippen LogP contribution in [0.1, 0.15) is 0 Å². The Morgan fingerprint density at radius 3 is 1.08 bits per heavy atom. The minimum Gasteiger partial charge on any atom is -0.870 e. The SMILES string of the molecule is O=P(O)(O)O.O=S(=O)([O-])[O-].[Al].[OH-]. The van der Waals surface area contributed by atoms with E-state index in [1.54, 1.807) is 0 Å². The second kappa shape index (κ2) is 8.09. The molecule has 3 radical (unpaired) electrons. The summed E-state index contributed by atoms with van der Waals surface area (Å²) in [6.45, 7) is 0. The first-order valence-corrected chi connectivity index (χ1v) is 4.35. The third-order valence-corrected chi connectivity index (χ3v) is 0. The molecule has 75 valence electrons. The summed E-state index contributed by atoms with van der Waals surface area (Å²) in [6.07, 6.45) is 0. The standard InChI is InChI=1S/Al.H3O4P.H2O4S.H2O/c;2*1-5(2,3)4;/h;(H3,1,2,3,4);(H2,1,2,3,4);1H2/p-3. The molecule has 0 aromatic carbocycles. The van der Waals surface area contributed by atoms with Crippen LogP contribution in [-0.4, -0.2) is 55.0 Å². The summed E-state index contributed by atoms with van der Waals surface area (Å²) in [4.78, 5) is 21.6. The molecule has 9 nitrogen and oxygen atoms in total. The highest BCUT2D eigenvalue weighted by atomic mass is 32.3. The van der Waals surface area contributed by atoms with Gasteiger partial charge in [0.05, 0.1) is 0 Å². The van der Waals surface area contributed by atoms with E-state index in [4.69, 9.17) is 36.8 Å². The average molecular weight is 238 g/mol. The van der Waals surface area contributed by atoms with Gasteiger partial charge in [0.25, 0.3) is 0 Å². The van der Waals surface area contributed by atoms with Gasteiger partial charge in [0.1, 0.15) is 0 Å². The molecule has 0 unspecified atom stereocenters. The van der Waals surface area contributed by atoms with E-state index < -0.39 is 18.2 Å². The quantitative estimate of drug-likeness (QED) is 0.173. The van der Waals surface area contributed by atoms with Gasteiger partial charge in [-0.25, -0.2) is 4.57 Å². The van der Waals surface area contributed by atoms with Crippen LogP contribution < -0.4 is 0 Å². The monoisotopic (exact) mass is 238 g/mol. The van der Waals surface area contributed by atoms with Gasteiger partial charge in [0, 0.05) is 27.8 Å². The molecule has 0 aromatic heterocycles. The number of hydrogen-bond donors (Lipinski definition) is 3. The van der Waals surface area contributed by atoms with Crippen molar-refractivity contribution < 1.29 is 42.2 Å². The van der Waals surface area contributed by atoms with E-state index >= 15 is 0 Å². The predicted molar refractivity (Wildman–Crippen MR) is 32.4 cm³/mol. The van der Waals surface area contributed by atoms with Gasteiger partial charge in [-0.2, -0.15) is 0 Å². The van der Waals surface area contributed by atoms with E-state index in [0.717, 1.165) is 0 Å². The van der Waals surface area contributed by atoms with Crippen molar-refractivity contribution in [3.63, 3.8) is 0 Å². The first-order chi connectivity index (χ1) is 4.00. The van der Waals surface area contributed by atoms with Crippen LogP contribution in [0.15, 0.2) is 0 Å². The Morgan fingerprint density at radius 1 is 1.08 bits per heavy atom. The molecule has 0 aliphatic carbocycles. The Balaban J connectivity index is -0.0000000457. The Hall–Kier alpha value is 0.472. The average Bonchev–Trinajstić information content (AvgIpc) is 1.12. The van der Waals surface area contributed by atoms with Crippen molar-refractivity contribution >= 4 is 35.6 Å². The lowest BCUT2D eigenvalue weighted by molar-refractivity contribution is 0.275. The molecule has 0 aliphatic heterocycles. The van der Waals surface area contributed by atoms with Crippen molar-refractivity contribution in [1.29, 1.82) is 0 Å². The van der Waals surface area contributed by atoms with Gasteiger partial charge in [-0.15, -0.1) is 0 Å². The zero-order chi connectivity index (χ0) is 9.00. The smallest absolute Gasteiger partial charge is 0.466 e. The summed E-state index contributed by atoms with van der Waals surface area (Å²) in [7, 11) is -9.81. The van der Waals surface area contributed by atoms with E-state index in [-0.39, 0.29) is 22.8 Å². The lowest BCUT2D eigenvalue weighted by Crippen LogP contribution is -1.91. The molecule has 0 rings (SSSR count). The van der Waals surface area contributed by atoms with Crippen molar-refractivity contribution in [3.05, 3.63) is 0 Å². The van der Waals surface area contributed by atoms with Crippen LogP contribution in [0.4, 0.5) is 0 Å². The molecule has 4 N–H and O–H groups in total. The summed E-state index contributed by atoms with van der Waals surface area (Å²) < 4.78 is 43.0.